The third-order valence-corrected chi connectivity index (χ3v) is 7.11. The van der Waals surface area contributed by atoms with E-state index in [0.717, 1.165) is 0 Å². The summed E-state index contributed by atoms with van der Waals surface area (Å²) >= 11 is 16.9. The summed E-state index contributed by atoms with van der Waals surface area (Å²) < 4.78 is 20.3. The lowest BCUT2D eigenvalue weighted by molar-refractivity contribution is -0.167. The lowest BCUT2D eigenvalue weighted by Crippen LogP contribution is -2.60. The summed E-state index contributed by atoms with van der Waals surface area (Å²) in [6.07, 6.45) is 4.94. The van der Waals surface area contributed by atoms with Gasteiger partial charge >= 0.3 is 11.9 Å². The van der Waals surface area contributed by atoms with Gasteiger partial charge in [0.25, 0.3) is 11.8 Å². The molecule has 0 aromatic heterocycles. The molecular weight excluding hydrogens is 601 g/mol. The quantitative estimate of drug-likeness (QED) is 0.176. The van der Waals surface area contributed by atoms with Crippen LogP contribution in [0.3, 0.4) is 0 Å². The molecule has 0 bridgehead atoms. The lowest BCUT2D eigenvalue weighted by atomic mass is 9.96. The number of hydrogen-bond donors (Lipinski definition) is 2. The zero-order valence-electron chi connectivity index (χ0n) is 24.3. The van der Waals surface area contributed by atoms with Crippen molar-refractivity contribution in [3.8, 4) is 0 Å². The minimum Gasteiger partial charge on any atom is -0.460 e. The number of allylic oxidation sites excluding steroid dienone is 2. The second kappa shape index (κ2) is 16.3. The van der Waals surface area contributed by atoms with Crippen LogP contribution in [-0.2, 0) is 38.1 Å². The van der Waals surface area contributed by atoms with Crippen molar-refractivity contribution in [1.29, 1.82) is 0 Å². The Balaban J connectivity index is 1.97. The molecule has 0 aromatic carbocycles. The van der Waals surface area contributed by atoms with Gasteiger partial charge in [-0.1, -0.05) is 60.8 Å². The highest BCUT2D eigenvalue weighted by Crippen LogP contribution is 2.29. The Labute approximate surface area is 256 Å². The highest BCUT2D eigenvalue weighted by Gasteiger charge is 2.37. The molecule has 2 aliphatic heterocycles. The number of nitrogens with one attached hydrogen (secondary N) is 2. The van der Waals surface area contributed by atoms with Gasteiger partial charge in [0.2, 0.25) is 3.79 Å². The number of rotatable bonds is 13. The summed E-state index contributed by atoms with van der Waals surface area (Å²) in [7, 11) is 0. The SMILES string of the molecule is C/C=C/C[C@@H](CCC1(C)OCCO1)C(=O)OC(C(=O)NC(C)C(=O)N1CCC[C@@H](C(=O)OCC(Cl)(Cl)Cl)N1)C(C)C. The summed E-state index contributed by atoms with van der Waals surface area (Å²) in [6, 6.07) is -1.79. The van der Waals surface area contributed by atoms with E-state index in [9.17, 15) is 19.2 Å². The second-order valence-corrected chi connectivity index (χ2v) is 13.3. The number of esters is 2. The molecule has 2 N–H and O–H groups in total. The number of alkyl halides is 3. The van der Waals surface area contributed by atoms with Crippen LogP contribution >= 0.6 is 34.8 Å². The number of carbonyl (C=O) groups is 4. The first-order chi connectivity index (χ1) is 19.2. The highest BCUT2D eigenvalue weighted by molar-refractivity contribution is 6.67. The molecule has 0 aromatic rings. The predicted octanol–water partition coefficient (Wildman–Crippen LogP) is 3.59. The summed E-state index contributed by atoms with van der Waals surface area (Å²) in [5.74, 6) is -3.84. The molecule has 0 aliphatic carbocycles. The molecule has 0 spiro atoms. The number of nitrogens with zero attached hydrogens (tertiary/aromatic N) is 1. The summed E-state index contributed by atoms with van der Waals surface area (Å²) in [6.45, 7) is 9.62. The molecule has 11 nitrogen and oxygen atoms in total. The van der Waals surface area contributed by atoms with Crippen molar-refractivity contribution in [2.24, 2.45) is 11.8 Å². The van der Waals surface area contributed by atoms with Gasteiger partial charge in [-0.3, -0.25) is 24.2 Å². The van der Waals surface area contributed by atoms with Gasteiger partial charge in [-0.05, 0) is 52.4 Å². The van der Waals surface area contributed by atoms with E-state index >= 15 is 0 Å². The number of amides is 2. The molecule has 2 unspecified atom stereocenters. The zero-order chi connectivity index (χ0) is 30.8. The maximum Gasteiger partial charge on any atom is 0.325 e. The van der Waals surface area contributed by atoms with Crippen molar-refractivity contribution in [1.82, 2.24) is 15.8 Å². The van der Waals surface area contributed by atoms with Crippen LogP contribution in [-0.4, -0.2) is 82.9 Å². The molecule has 0 saturated carbocycles. The lowest BCUT2D eigenvalue weighted by Gasteiger charge is -2.34. The summed E-state index contributed by atoms with van der Waals surface area (Å²) in [4.78, 5) is 51.8. The topological polar surface area (TPSA) is 132 Å². The fourth-order valence-corrected chi connectivity index (χ4v) is 4.61. The molecule has 0 radical (unpaired) electrons. The van der Waals surface area contributed by atoms with E-state index in [2.05, 4.69) is 10.7 Å². The second-order valence-electron chi connectivity index (χ2n) is 10.7. The normalized spacial score (nSPS) is 21.4. The molecule has 2 aliphatic rings. The van der Waals surface area contributed by atoms with Crippen molar-refractivity contribution in [2.75, 3.05) is 26.4 Å². The van der Waals surface area contributed by atoms with Crippen molar-refractivity contribution in [2.45, 2.75) is 94.5 Å². The van der Waals surface area contributed by atoms with E-state index in [1.807, 2.05) is 26.0 Å². The molecule has 2 fully saturated rings. The number of halogens is 3. The molecule has 2 rings (SSSR count). The Morgan fingerprint density at radius 3 is 2.41 bits per heavy atom. The van der Waals surface area contributed by atoms with Crippen LogP contribution in [0.15, 0.2) is 12.2 Å². The van der Waals surface area contributed by atoms with Crippen LogP contribution in [0, 0.1) is 11.8 Å². The Morgan fingerprint density at radius 2 is 1.83 bits per heavy atom. The monoisotopic (exact) mass is 641 g/mol. The van der Waals surface area contributed by atoms with E-state index < -0.39 is 64.0 Å². The molecule has 2 saturated heterocycles. The van der Waals surface area contributed by atoms with Crippen LogP contribution in [0.5, 0.6) is 0 Å². The Bertz CT molecular complexity index is 937. The maximum atomic E-state index is 13.2. The molecule has 41 heavy (non-hydrogen) atoms. The minimum atomic E-state index is -1.75. The van der Waals surface area contributed by atoms with Crippen LogP contribution in [0.2, 0.25) is 0 Å². The van der Waals surface area contributed by atoms with E-state index in [0.29, 0.717) is 51.9 Å². The predicted molar refractivity (Wildman–Crippen MR) is 154 cm³/mol. The summed E-state index contributed by atoms with van der Waals surface area (Å²) in [5.41, 5.74) is 2.82. The first-order valence-electron chi connectivity index (χ1n) is 13.9. The van der Waals surface area contributed by atoms with E-state index in [-0.39, 0.29) is 5.92 Å². The number of carbonyl (C=O) groups excluding carboxylic acids is 4. The van der Waals surface area contributed by atoms with Crippen molar-refractivity contribution in [3.63, 3.8) is 0 Å². The van der Waals surface area contributed by atoms with Gasteiger partial charge in [0.15, 0.2) is 11.9 Å². The van der Waals surface area contributed by atoms with Gasteiger partial charge in [0.05, 0.1) is 19.1 Å². The van der Waals surface area contributed by atoms with Crippen LogP contribution in [0.4, 0.5) is 0 Å². The average Bonchev–Trinajstić information content (AvgIpc) is 3.35. The number of hydrogen-bond acceptors (Lipinski definition) is 9. The average molecular weight is 643 g/mol. The fraction of sp³-hybridized carbons (Fsp3) is 0.778. The van der Waals surface area contributed by atoms with Gasteiger partial charge in [-0.15, -0.1) is 0 Å². The standard InChI is InChI=1S/C27H42Cl3N3O8/c1-6-7-9-19(11-12-26(5)39-14-15-40-26)24(36)41-21(17(2)3)22(34)31-18(4)23(35)33-13-8-10-20(32-33)25(37)38-16-27(28,29)30/h6-7,17-21,32H,8-16H2,1-5H3,(H,31,34)/b7-6+/t18?,19-,20-,21?/m0/s1. The summed E-state index contributed by atoms with van der Waals surface area (Å²) in [5, 5.41) is 3.90. The first-order valence-corrected chi connectivity index (χ1v) is 15.0. The Kier molecular flexibility index (Phi) is 14.1. The number of ether oxygens (including phenoxy) is 4. The first kappa shape index (κ1) is 35.6. The van der Waals surface area contributed by atoms with Crippen LogP contribution in [0.25, 0.3) is 0 Å². The smallest absolute Gasteiger partial charge is 0.325 e. The molecule has 234 valence electrons. The van der Waals surface area contributed by atoms with E-state index in [1.54, 1.807) is 13.8 Å². The zero-order valence-corrected chi connectivity index (χ0v) is 26.5. The Hall–Kier alpha value is -1.63. The van der Waals surface area contributed by atoms with E-state index in [1.165, 1.54) is 11.9 Å². The highest BCUT2D eigenvalue weighted by atomic mass is 35.6. The van der Waals surface area contributed by atoms with Crippen molar-refractivity contribution in [3.05, 3.63) is 12.2 Å². The van der Waals surface area contributed by atoms with Crippen molar-refractivity contribution >= 4 is 58.6 Å². The maximum absolute atomic E-state index is 13.2. The Morgan fingerprint density at radius 1 is 1.17 bits per heavy atom. The third kappa shape index (κ3) is 11.9. The van der Waals surface area contributed by atoms with Gasteiger partial charge in [0.1, 0.15) is 18.7 Å². The fourth-order valence-electron chi connectivity index (χ4n) is 4.44. The molecule has 2 amide bonds. The van der Waals surface area contributed by atoms with Gasteiger partial charge in [-0.2, -0.15) is 0 Å². The van der Waals surface area contributed by atoms with Crippen molar-refractivity contribution < 1.29 is 38.1 Å². The molecule has 2 heterocycles. The van der Waals surface area contributed by atoms with Crippen LogP contribution in [0.1, 0.15) is 66.7 Å². The van der Waals surface area contributed by atoms with Gasteiger partial charge in [-0.25, -0.2) is 5.43 Å². The number of hydrazine groups is 1. The third-order valence-electron chi connectivity index (χ3n) is 6.79. The van der Waals surface area contributed by atoms with E-state index in [4.69, 9.17) is 53.8 Å². The molecule has 14 heteroatoms. The van der Waals surface area contributed by atoms with Crippen LogP contribution < -0.4 is 10.7 Å². The largest absolute Gasteiger partial charge is 0.460 e. The van der Waals surface area contributed by atoms with Gasteiger partial charge < -0.3 is 24.3 Å². The minimum absolute atomic E-state index is 0.314. The molecule has 4 atom stereocenters. The van der Waals surface area contributed by atoms with Gasteiger partial charge in [0, 0.05) is 13.0 Å². The molecular formula is C27H42Cl3N3O8.